The highest BCUT2D eigenvalue weighted by atomic mass is 32.1. The smallest absolute Gasteiger partial charge is 0.268 e. The number of thiazole rings is 1. The van der Waals surface area contributed by atoms with E-state index in [0.717, 1.165) is 0 Å². The SMILES string of the molecule is NC(=O)c1csc([C@H]2C[C@H](O)[C@@H](CO)O2)n1. The molecule has 3 atom stereocenters. The molecule has 1 saturated heterocycles. The van der Waals surface area contributed by atoms with E-state index >= 15 is 0 Å². The molecule has 88 valence electrons. The Labute approximate surface area is 95.7 Å². The van der Waals surface area contributed by atoms with Gasteiger partial charge >= 0.3 is 0 Å². The molecular formula is C9H12N2O4S. The molecule has 0 spiro atoms. The molecule has 1 fully saturated rings. The molecule has 0 saturated carbocycles. The number of nitrogens with zero attached hydrogens (tertiary/aromatic N) is 1. The highest BCUT2D eigenvalue weighted by Gasteiger charge is 2.35. The first kappa shape index (κ1) is 11.5. The van der Waals surface area contributed by atoms with Gasteiger partial charge in [-0.15, -0.1) is 11.3 Å². The second kappa shape index (κ2) is 4.46. The lowest BCUT2D eigenvalue weighted by Gasteiger charge is -2.09. The van der Waals surface area contributed by atoms with Crippen molar-refractivity contribution in [3.63, 3.8) is 0 Å². The average molecular weight is 244 g/mol. The van der Waals surface area contributed by atoms with Crippen LogP contribution in [0.5, 0.6) is 0 Å². The Morgan fingerprint density at radius 2 is 2.50 bits per heavy atom. The van der Waals surface area contributed by atoms with E-state index in [1.807, 2.05) is 0 Å². The van der Waals surface area contributed by atoms with Crippen LogP contribution in [0.4, 0.5) is 0 Å². The number of aliphatic hydroxyl groups is 2. The zero-order chi connectivity index (χ0) is 11.7. The summed E-state index contributed by atoms with van der Waals surface area (Å²) in [4.78, 5) is 14.9. The van der Waals surface area contributed by atoms with E-state index in [4.69, 9.17) is 15.6 Å². The van der Waals surface area contributed by atoms with Gasteiger partial charge in [-0.25, -0.2) is 4.98 Å². The summed E-state index contributed by atoms with van der Waals surface area (Å²) in [6.07, 6.45) is -1.27. The molecule has 2 rings (SSSR count). The molecule has 0 bridgehead atoms. The maximum atomic E-state index is 10.9. The van der Waals surface area contributed by atoms with Crippen LogP contribution >= 0.6 is 11.3 Å². The maximum absolute atomic E-state index is 10.9. The van der Waals surface area contributed by atoms with Crippen molar-refractivity contribution < 1.29 is 19.7 Å². The summed E-state index contributed by atoms with van der Waals surface area (Å²) >= 11 is 1.26. The summed E-state index contributed by atoms with van der Waals surface area (Å²) in [5.41, 5.74) is 5.28. The average Bonchev–Trinajstić information content (AvgIpc) is 2.83. The Balaban J connectivity index is 2.11. The monoisotopic (exact) mass is 244 g/mol. The zero-order valence-corrected chi connectivity index (χ0v) is 9.18. The molecule has 16 heavy (non-hydrogen) atoms. The number of carbonyl (C=O) groups is 1. The molecule has 1 amide bonds. The normalized spacial score (nSPS) is 29.5. The topological polar surface area (TPSA) is 106 Å². The van der Waals surface area contributed by atoms with Gasteiger partial charge in [-0.3, -0.25) is 4.79 Å². The van der Waals surface area contributed by atoms with Crippen LogP contribution < -0.4 is 5.73 Å². The van der Waals surface area contributed by atoms with Gasteiger partial charge in [-0.1, -0.05) is 0 Å². The van der Waals surface area contributed by atoms with Crippen LogP contribution in [-0.2, 0) is 4.74 Å². The van der Waals surface area contributed by atoms with Crippen molar-refractivity contribution in [2.24, 2.45) is 5.73 Å². The van der Waals surface area contributed by atoms with E-state index < -0.39 is 18.1 Å². The second-order valence-corrected chi connectivity index (χ2v) is 4.47. The number of aromatic nitrogens is 1. The van der Waals surface area contributed by atoms with Crippen LogP contribution in [0, 0.1) is 0 Å². The Kier molecular flexibility index (Phi) is 3.20. The molecule has 1 aliphatic heterocycles. The lowest BCUT2D eigenvalue weighted by molar-refractivity contribution is -0.0226. The molecule has 4 N–H and O–H groups in total. The molecular weight excluding hydrogens is 232 g/mol. The van der Waals surface area contributed by atoms with Gasteiger partial charge in [0.2, 0.25) is 0 Å². The van der Waals surface area contributed by atoms with Crippen molar-refractivity contribution in [2.75, 3.05) is 6.61 Å². The number of primary amides is 1. The molecule has 1 aromatic rings. The van der Waals surface area contributed by atoms with E-state index in [9.17, 15) is 9.90 Å². The van der Waals surface area contributed by atoms with Gasteiger partial charge < -0.3 is 20.7 Å². The summed E-state index contributed by atoms with van der Waals surface area (Å²) < 4.78 is 5.40. The first-order chi connectivity index (χ1) is 7.61. The van der Waals surface area contributed by atoms with E-state index in [2.05, 4.69) is 4.98 Å². The number of hydrogen-bond acceptors (Lipinski definition) is 6. The van der Waals surface area contributed by atoms with E-state index in [-0.39, 0.29) is 18.4 Å². The van der Waals surface area contributed by atoms with Crippen LogP contribution in [0.3, 0.4) is 0 Å². The second-order valence-electron chi connectivity index (χ2n) is 3.58. The first-order valence-corrected chi connectivity index (χ1v) is 5.69. The number of hydrogen-bond donors (Lipinski definition) is 3. The van der Waals surface area contributed by atoms with Gasteiger partial charge in [0.25, 0.3) is 5.91 Å². The van der Waals surface area contributed by atoms with Gasteiger partial charge in [0, 0.05) is 11.8 Å². The fraction of sp³-hybridized carbons (Fsp3) is 0.556. The molecule has 6 nitrogen and oxygen atoms in total. The molecule has 0 aromatic carbocycles. The summed E-state index contributed by atoms with van der Waals surface area (Å²) in [5.74, 6) is -0.584. The van der Waals surface area contributed by atoms with E-state index in [0.29, 0.717) is 11.4 Å². The van der Waals surface area contributed by atoms with E-state index in [1.165, 1.54) is 11.3 Å². The summed E-state index contributed by atoms with van der Waals surface area (Å²) in [5, 5.41) is 20.6. The molecule has 0 radical (unpaired) electrons. The van der Waals surface area contributed by atoms with Crippen molar-refractivity contribution >= 4 is 17.2 Å². The van der Waals surface area contributed by atoms with Crippen molar-refractivity contribution in [1.82, 2.24) is 4.98 Å². The van der Waals surface area contributed by atoms with Crippen LogP contribution in [0.15, 0.2) is 5.38 Å². The lowest BCUT2D eigenvalue weighted by atomic mass is 10.1. The Morgan fingerprint density at radius 1 is 1.75 bits per heavy atom. The Morgan fingerprint density at radius 3 is 3.00 bits per heavy atom. The highest BCUT2D eigenvalue weighted by molar-refractivity contribution is 7.09. The third kappa shape index (κ3) is 2.07. The largest absolute Gasteiger partial charge is 0.394 e. The molecule has 1 aliphatic rings. The highest BCUT2D eigenvalue weighted by Crippen LogP contribution is 2.34. The fourth-order valence-electron chi connectivity index (χ4n) is 1.60. The first-order valence-electron chi connectivity index (χ1n) is 4.81. The summed E-state index contributed by atoms with van der Waals surface area (Å²) in [6.45, 7) is -0.230. The number of amides is 1. The van der Waals surface area contributed by atoms with Crippen LogP contribution in [0.2, 0.25) is 0 Å². The van der Waals surface area contributed by atoms with Crippen LogP contribution in [-0.4, -0.2) is 39.9 Å². The van der Waals surface area contributed by atoms with Gasteiger partial charge in [-0.05, 0) is 0 Å². The van der Waals surface area contributed by atoms with Gasteiger partial charge in [-0.2, -0.15) is 0 Å². The minimum Gasteiger partial charge on any atom is -0.394 e. The fourth-order valence-corrected chi connectivity index (χ4v) is 2.46. The zero-order valence-electron chi connectivity index (χ0n) is 8.37. The lowest BCUT2D eigenvalue weighted by Crippen LogP contribution is -2.24. The van der Waals surface area contributed by atoms with Gasteiger partial charge in [0.1, 0.15) is 22.9 Å². The number of nitrogens with two attached hydrogens (primary N) is 1. The third-order valence-corrected chi connectivity index (χ3v) is 3.39. The standard InChI is InChI=1S/C9H12N2O4S/c10-8(14)4-3-16-9(11-4)6-1-5(13)7(2-12)15-6/h3,5-7,12-13H,1-2H2,(H2,10,14)/t5-,6+,7+/m0/s1. The molecule has 2 heterocycles. The van der Waals surface area contributed by atoms with Crippen LogP contribution in [0.1, 0.15) is 28.0 Å². The molecule has 7 heteroatoms. The summed E-state index contributed by atoms with van der Waals surface area (Å²) in [7, 11) is 0. The van der Waals surface area contributed by atoms with Gasteiger partial charge in [0.05, 0.1) is 12.7 Å². The number of carbonyl (C=O) groups excluding carboxylic acids is 1. The van der Waals surface area contributed by atoms with Crippen molar-refractivity contribution in [2.45, 2.75) is 24.7 Å². The van der Waals surface area contributed by atoms with Crippen LogP contribution in [0.25, 0.3) is 0 Å². The predicted octanol–water partition coefficient (Wildman–Crippen LogP) is -0.575. The minimum atomic E-state index is -0.698. The van der Waals surface area contributed by atoms with E-state index in [1.54, 1.807) is 5.38 Å². The number of aliphatic hydroxyl groups excluding tert-OH is 2. The number of ether oxygens (including phenoxy) is 1. The van der Waals surface area contributed by atoms with Crippen molar-refractivity contribution in [3.8, 4) is 0 Å². The minimum absolute atomic E-state index is 0.200. The van der Waals surface area contributed by atoms with Gasteiger partial charge in [0.15, 0.2) is 0 Å². The Hall–Kier alpha value is -1.02. The summed E-state index contributed by atoms with van der Waals surface area (Å²) in [6, 6.07) is 0. The quantitative estimate of drug-likeness (QED) is 0.660. The molecule has 0 unspecified atom stereocenters. The maximum Gasteiger partial charge on any atom is 0.268 e. The van der Waals surface area contributed by atoms with Crippen molar-refractivity contribution in [1.29, 1.82) is 0 Å². The molecule has 0 aliphatic carbocycles. The third-order valence-electron chi connectivity index (χ3n) is 2.45. The Bertz CT molecular complexity index is 395. The van der Waals surface area contributed by atoms with Crippen molar-refractivity contribution in [3.05, 3.63) is 16.1 Å². The molecule has 1 aromatic heterocycles. The predicted molar refractivity (Wildman–Crippen MR) is 56.0 cm³/mol. The number of rotatable bonds is 3.